The maximum absolute atomic E-state index is 11.1. The van der Waals surface area contributed by atoms with E-state index in [1.54, 1.807) is 0 Å². The summed E-state index contributed by atoms with van der Waals surface area (Å²) in [5.74, 6) is 0.663. The van der Waals surface area contributed by atoms with E-state index in [4.69, 9.17) is 4.74 Å². The van der Waals surface area contributed by atoms with Gasteiger partial charge in [-0.15, -0.1) is 0 Å². The molecule has 0 unspecified atom stereocenters. The topological polar surface area (TPSA) is 35.5 Å². The summed E-state index contributed by atoms with van der Waals surface area (Å²) in [7, 11) is 1.41. The largest absolute Gasteiger partial charge is 0.491 e. The van der Waals surface area contributed by atoms with Crippen LogP contribution >= 0.6 is 0 Å². The van der Waals surface area contributed by atoms with Crippen molar-refractivity contribution in [2.75, 3.05) is 7.11 Å². The minimum Gasteiger partial charge on any atom is -0.491 e. The number of benzene rings is 1. The smallest absolute Gasteiger partial charge is 0.305 e. The van der Waals surface area contributed by atoms with Crippen LogP contribution in [0.3, 0.4) is 0 Å². The fourth-order valence-corrected chi connectivity index (χ4v) is 1.61. The second-order valence-corrected chi connectivity index (χ2v) is 4.35. The molecule has 1 rings (SSSR count). The zero-order valence-electron chi connectivity index (χ0n) is 10.9. The summed E-state index contributed by atoms with van der Waals surface area (Å²) in [6.45, 7) is 6.01. The van der Waals surface area contributed by atoms with E-state index < -0.39 is 0 Å². The number of esters is 1. The van der Waals surface area contributed by atoms with Crippen molar-refractivity contribution in [3.8, 4) is 5.75 Å². The molecule has 0 aliphatic carbocycles. The molecule has 0 amide bonds. The van der Waals surface area contributed by atoms with Crippen LogP contribution in [0.4, 0.5) is 0 Å². The van der Waals surface area contributed by atoms with E-state index in [2.05, 4.69) is 10.8 Å². The first-order valence-corrected chi connectivity index (χ1v) is 5.86. The van der Waals surface area contributed by atoms with Crippen molar-refractivity contribution < 1.29 is 14.3 Å². The van der Waals surface area contributed by atoms with Crippen LogP contribution in [0, 0.1) is 6.92 Å². The van der Waals surface area contributed by atoms with E-state index in [1.807, 2.05) is 32.9 Å². The molecule has 0 fully saturated rings. The van der Waals surface area contributed by atoms with E-state index in [0.717, 1.165) is 11.3 Å². The van der Waals surface area contributed by atoms with Gasteiger partial charge >= 0.3 is 5.97 Å². The third-order valence-corrected chi connectivity index (χ3v) is 2.40. The maximum Gasteiger partial charge on any atom is 0.305 e. The van der Waals surface area contributed by atoms with Crippen LogP contribution in [-0.4, -0.2) is 19.2 Å². The van der Waals surface area contributed by atoms with Gasteiger partial charge in [0.05, 0.1) is 13.2 Å². The van der Waals surface area contributed by atoms with Gasteiger partial charge in [0.1, 0.15) is 5.75 Å². The van der Waals surface area contributed by atoms with E-state index in [0.29, 0.717) is 12.8 Å². The number of carbonyl (C=O) groups is 1. The quantitative estimate of drug-likeness (QED) is 0.737. The van der Waals surface area contributed by atoms with Gasteiger partial charge in [0, 0.05) is 6.42 Å². The van der Waals surface area contributed by atoms with E-state index in [1.165, 1.54) is 12.7 Å². The minimum absolute atomic E-state index is 0.134. The number of rotatable bonds is 5. The number of hydrogen-bond donors (Lipinski definition) is 0. The number of methoxy groups -OCH3 is 1. The first-order valence-electron chi connectivity index (χ1n) is 5.86. The SMILES string of the molecule is COC(=O)CCc1cc(C)ccc1OC(C)C. The molecule has 17 heavy (non-hydrogen) atoms. The second-order valence-electron chi connectivity index (χ2n) is 4.35. The zero-order chi connectivity index (χ0) is 12.8. The fourth-order valence-electron chi connectivity index (χ4n) is 1.61. The molecule has 0 saturated carbocycles. The summed E-state index contributed by atoms with van der Waals surface area (Å²) >= 11 is 0. The average Bonchev–Trinajstić information content (AvgIpc) is 2.28. The van der Waals surface area contributed by atoms with E-state index in [9.17, 15) is 4.79 Å². The summed E-state index contributed by atoms with van der Waals surface area (Å²) in [6, 6.07) is 6.03. The Morgan fingerprint density at radius 2 is 2.06 bits per heavy atom. The van der Waals surface area contributed by atoms with Gasteiger partial charge in [0.15, 0.2) is 0 Å². The lowest BCUT2D eigenvalue weighted by Gasteiger charge is -2.14. The molecular weight excluding hydrogens is 216 g/mol. The van der Waals surface area contributed by atoms with Crippen molar-refractivity contribution >= 4 is 5.97 Å². The van der Waals surface area contributed by atoms with Crippen LogP contribution in [0.2, 0.25) is 0 Å². The number of aryl methyl sites for hydroxylation is 2. The Hall–Kier alpha value is -1.51. The van der Waals surface area contributed by atoms with Gasteiger partial charge < -0.3 is 9.47 Å². The van der Waals surface area contributed by atoms with Crippen LogP contribution in [0.5, 0.6) is 5.75 Å². The molecule has 0 spiro atoms. The lowest BCUT2D eigenvalue weighted by atomic mass is 10.1. The molecule has 0 aliphatic rings. The molecule has 94 valence electrons. The molecule has 0 radical (unpaired) electrons. The fraction of sp³-hybridized carbons (Fsp3) is 0.500. The van der Waals surface area contributed by atoms with Gasteiger partial charge in [0.25, 0.3) is 0 Å². The molecule has 0 saturated heterocycles. The normalized spacial score (nSPS) is 10.4. The van der Waals surface area contributed by atoms with Crippen molar-refractivity contribution in [1.82, 2.24) is 0 Å². The monoisotopic (exact) mass is 236 g/mol. The summed E-state index contributed by atoms with van der Waals surface area (Å²) in [5, 5.41) is 0. The third kappa shape index (κ3) is 4.47. The summed E-state index contributed by atoms with van der Waals surface area (Å²) < 4.78 is 10.4. The molecular formula is C14H20O3. The highest BCUT2D eigenvalue weighted by Crippen LogP contribution is 2.22. The Labute approximate surface area is 103 Å². The van der Waals surface area contributed by atoms with Crippen LogP contribution in [0.15, 0.2) is 18.2 Å². The molecule has 3 heteroatoms. The second kappa shape index (κ2) is 6.28. The predicted octanol–water partition coefficient (Wildman–Crippen LogP) is 2.89. The first kappa shape index (κ1) is 13.6. The Morgan fingerprint density at radius 3 is 2.65 bits per heavy atom. The highest BCUT2D eigenvalue weighted by Gasteiger charge is 2.08. The molecule has 0 atom stereocenters. The third-order valence-electron chi connectivity index (χ3n) is 2.40. The molecule has 0 aromatic heterocycles. The van der Waals surface area contributed by atoms with Crippen LogP contribution in [0.1, 0.15) is 31.4 Å². The number of ether oxygens (including phenoxy) is 2. The predicted molar refractivity (Wildman–Crippen MR) is 67.3 cm³/mol. The van der Waals surface area contributed by atoms with Crippen LogP contribution in [0.25, 0.3) is 0 Å². The molecule has 1 aromatic carbocycles. The summed E-state index contributed by atoms with van der Waals surface area (Å²) in [5.41, 5.74) is 2.23. The molecule has 1 aromatic rings. The van der Waals surface area contributed by atoms with Gasteiger partial charge in [-0.3, -0.25) is 4.79 Å². The average molecular weight is 236 g/mol. The highest BCUT2D eigenvalue weighted by atomic mass is 16.5. The van der Waals surface area contributed by atoms with Gasteiger partial charge in [-0.05, 0) is 38.8 Å². The Kier molecular flexibility index (Phi) is 5.01. The van der Waals surface area contributed by atoms with Crippen molar-refractivity contribution in [3.05, 3.63) is 29.3 Å². The van der Waals surface area contributed by atoms with E-state index in [-0.39, 0.29) is 12.1 Å². The molecule has 0 N–H and O–H groups in total. The Balaban J connectivity index is 2.79. The van der Waals surface area contributed by atoms with Crippen molar-refractivity contribution in [3.63, 3.8) is 0 Å². The molecule has 3 nitrogen and oxygen atoms in total. The lowest BCUT2D eigenvalue weighted by molar-refractivity contribution is -0.140. The standard InChI is InChI=1S/C14H20O3/c1-10(2)17-13-7-5-11(3)9-12(13)6-8-14(15)16-4/h5,7,9-10H,6,8H2,1-4H3. The van der Waals surface area contributed by atoms with Crippen LogP contribution < -0.4 is 4.74 Å². The highest BCUT2D eigenvalue weighted by molar-refractivity contribution is 5.69. The van der Waals surface area contributed by atoms with Gasteiger partial charge in [-0.25, -0.2) is 0 Å². The molecule has 0 aliphatic heterocycles. The van der Waals surface area contributed by atoms with Crippen LogP contribution in [-0.2, 0) is 16.0 Å². The number of hydrogen-bond acceptors (Lipinski definition) is 3. The Bertz CT molecular complexity index is 383. The van der Waals surface area contributed by atoms with Gasteiger partial charge in [-0.2, -0.15) is 0 Å². The van der Waals surface area contributed by atoms with E-state index >= 15 is 0 Å². The van der Waals surface area contributed by atoms with Gasteiger partial charge in [0.2, 0.25) is 0 Å². The molecule has 0 bridgehead atoms. The van der Waals surface area contributed by atoms with Crippen molar-refractivity contribution in [2.45, 2.75) is 39.7 Å². The zero-order valence-corrected chi connectivity index (χ0v) is 10.9. The van der Waals surface area contributed by atoms with Gasteiger partial charge in [-0.1, -0.05) is 17.7 Å². The lowest BCUT2D eigenvalue weighted by Crippen LogP contribution is -2.09. The van der Waals surface area contributed by atoms with Crippen molar-refractivity contribution in [1.29, 1.82) is 0 Å². The maximum atomic E-state index is 11.1. The minimum atomic E-state index is -0.193. The summed E-state index contributed by atoms with van der Waals surface area (Å²) in [4.78, 5) is 11.1. The summed E-state index contributed by atoms with van der Waals surface area (Å²) in [6.07, 6.45) is 1.17. The molecule has 0 heterocycles. The van der Waals surface area contributed by atoms with Crippen molar-refractivity contribution in [2.24, 2.45) is 0 Å². The number of carbonyl (C=O) groups excluding carboxylic acids is 1. The first-order chi connectivity index (χ1) is 8.02. The Morgan fingerprint density at radius 1 is 1.35 bits per heavy atom.